The van der Waals surface area contributed by atoms with Crippen molar-refractivity contribution in [1.82, 2.24) is 9.80 Å². The van der Waals surface area contributed by atoms with E-state index in [1.807, 2.05) is 4.90 Å². The van der Waals surface area contributed by atoms with E-state index in [-0.39, 0.29) is 35.6 Å². The van der Waals surface area contributed by atoms with Gasteiger partial charge in [-0.3, -0.25) is 14.5 Å². The van der Waals surface area contributed by atoms with Gasteiger partial charge in [0, 0.05) is 30.2 Å². The Hall–Kier alpha value is -1.66. The van der Waals surface area contributed by atoms with Crippen LogP contribution in [-0.4, -0.2) is 52.5 Å². The molecule has 0 spiro atoms. The molecule has 7 heteroatoms. The number of hydrogen-bond acceptors (Lipinski definition) is 3. The van der Waals surface area contributed by atoms with Gasteiger partial charge < -0.3 is 10.0 Å². The fourth-order valence-corrected chi connectivity index (χ4v) is 4.53. The molecule has 1 aliphatic heterocycles. The Kier molecular flexibility index (Phi) is 5.82. The van der Waals surface area contributed by atoms with Crippen LogP contribution in [0.5, 0.6) is 0 Å². The van der Waals surface area contributed by atoms with Crippen LogP contribution < -0.4 is 0 Å². The molecule has 1 heterocycles. The van der Waals surface area contributed by atoms with E-state index in [0.29, 0.717) is 12.3 Å². The maximum atomic E-state index is 14.0. The molecule has 5 nitrogen and oxygen atoms in total. The van der Waals surface area contributed by atoms with Gasteiger partial charge in [0.2, 0.25) is 5.91 Å². The number of carboxylic acids is 1. The van der Waals surface area contributed by atoms with E-state index < -0.39 is 17.8 Å². The second-order valence-corrected chi connectivity index (χ2v) is 7.73. The quantitative estimate of drug-likeness (QED) is 0.849. The molecule has 1 amide bonds. The summed E-state index contributed by atoms with van der Waals surface area (Å²) in [6.07, 6.45) is 4.76. The van der Waals surface area contributed by atoms with Gasteiger partial charge in [-0.05, 0) is 37.3 Å². The third-order valence-electron chi connectivity index (χ3n) is 5.71. The van der Waals surface area contributed by atoms with Crippen molar-refractivity contribution < 1.29 is 19.1 Å². The van der Waals surface area contributed by atoms with Crippen LogP contribution in [0.4, 0.5) is 4.39 Å². The van der Waals surface area contributed by atoms with Gasteiger partial charge in [0.1, 0.15) is 11.9 Å². The number of rotatable bonds is 5. The predicted octanol–water partition coefficient (Wildman–Crippen LogP) is 3.16. The molecule has 0 bridgehead atoms. The van der Waals surface area contributed by atoms with Crippen molar-refractivity contribution >= 4 is 23.5 Å². The average Bonchev–Trinajstić information content (AvgIpc) is 2.97. The topological polar surface area (TPSA) is 60.9 Å². The summed E-state index contributed by atoms with van der Waals surface area (Å²) in [7, 11) is 1.59. The molecule has 2 aliphatic rings. The van der Waals surface area contributed by atoms with Crippen LogP contribution in [0, 0.1) is 11.7 Å². The van der Waals surface area contributed by atoms with Gasteiger partial charge in [-0.15, -0.1) is 0 Å². The number of likely N-dealkylation sites (N-methyl/N-ethyl adjacent to an activating group) is 1. The number of hydrogen-bond donors (Lipinski definition) is 1. The molecule has 3 atom stereocenters. The van der Waals surface area contributed by atoms with E-state index in [9.17, 15) is 19.1 Å². The van der Waals surface area contributed by atoms with Crippen molar-refractivity contribution in [3.8, 4) is 0 Å². The molecular weight excluding hydrogens is 359 g/mol. The summed E-state index contributed by atoms with van der Waals surface area (Å²) in [6, 6.07) is 3.96. The first-order chi connectivity index (χ1) is 12.4. The zero-order chi connectivity index (χ0) is 18.8. The first-order valence-electron chi connectivity index (χ1n) is 9.04. The van der Waals surface area contributed by atoms with E-state index in [1.54, 1.807) is 13.1 Å². The van der Waals surface area contributed by atoms with Crippen molar-refractivity contribution in [2.45, 2.75) is 50.7 Å². The maximum absolute atomic E-state index is 14.0. The highest BCUT2D eigenvalue weighted by Gasteiger charge is 2.45. The standard InChI is InChI=1S/C19H24ClFN2O3/c1-22(10-13-14(20)6-4-7-15(13)21)18(24)11-23-16-8-3-2-5-12(16)9-17(23)19(25)26/h4,6-7,12,16-17H,2-3,5,8-11H2,1H3,(H,25,26). The lowest BCUT2D eigenvalue weighted by atomic mass is 9.85. The van der Waals surface area contributed by atoms with E-state index >= 15 is 0 Å². The van der Waals surface area contributed by atoms with Gasteiger partial charge in [0.25, 0.3) is 0 Å². The van der Waals surface area contributed by atoms with E-state index in [1.165, 1.54) is 17.0 Å². The monoisotopic (exact) mass is 382 g/mol. The smallest absolute Gasteiger partial charge is 0.320 e. The van der Waals surface area contributed by atoms with Crippen LogP contribution in [0.25, 0.3) is 0 Å². The number of fused-ring (bicyclic) bond motifs is 1. The van der Waals surface area contributed by atoms with Crippen molar-refractivity contribution in [2.75, 3.05) is 13.6 Å². The lowest BCUT2D eigenvalue weighted by molar-refractivity contribution is -0.144. The van der Waals surface area contributed by atoms with Crippen LogP contribution in [0.1, 0.15) is 37.7 Å². The summed E-state index contributed by atoms with van der Waals surface area (Å²) in [5, 5.41) is 9.84. The molecule has 3 rings (SSSR count). The summed E-state index contributed by atoms with van der Waals surface area (Å²) in [5.41, 5.74) is 0.275. The molecule has 2 fully saturated rings. The van der Waals surface area contributed by atoms with Gasteiger partial charge in [0.05, 0.1) is 6.54 Å². The summed E-state index contributed by atoms with van der Waals surface area (Å²) in [5.74, 6) is -1.19. The summed E-state index contributed by atoms with van der Waals surface area (Å²) >= 11 is 6.04. The van der Waals surface area contributed by atoms with Crippen LogP contribution in [0.2, 0.25) is 5.02 Å². The number of likely N-dealkylation sites (tertiary alicyclic amines) is 1. The summed E-state index contributed by atoms with van der Waals surface area (Å²) in [4.78, 5) is 27.6. The first-order valence-corrected chi connectivity index (χ1v) is 9.41. The Morgan fingerprint density at radius 3 is 2.77 bits per heavy atom. The molecule has 3 unspecified atom stereocenters. The maximum Gasteiger partial charge on any atom is 0.320 e. The average molecular weight is 383 g/mol. The Labute approximate surface area is 157 Å². The van der Waals surface area contributed by atoms with Crippen LogP contribution in [0.3, 0.4) is 0 Å². The first kappa shape index (κ1) is 19.1. The van der Waals surface area contributed by atoms with Crippen LogP contribution in [0.15, 0.2) is 18.2 Å². The predicted molar refractivity (Wildman–Crippen MR) is 96.4 cm³/mol. The number of carbonyl (C=O) groups is 2. The van der Waals surface area contributed by atoms with Gasteiger partial charge in [-0.25, -0.2) is 4.39 Å². The Bertz CT molecular complexity index is 679. The van der Waals surface area contributed by atoms with E-state index in [0.717, 1.165) is 25.7 Å². The normalized spacial score (nSPS) is 25.7. The Morgan fingerprint density at radius 1 is 1.35 bits per heavy atom. The fraction of sp³-hybridized carbons (Fsp3) is 0.579. The van der Waals surface area contributed by atoms with Crippen LogP contribution in [-0.2, 0) is 16.1 Å². The number of amides is 1. The van der Waals surface area contributed by atoms with Gasteiger partial charge >= 0.3 is 5.97 Å². The number of aliphatic carboxylic acids is 1. The number of carboxylic acid groups (broad SMARTS) is 1. The lowest BCUT2D eigenvalue weighted by Gasteiger charge is -2.33. The summed E-state index contributed by atoms with van der Waals surface area (Å²) in [6.45, 7) is 0.102. The molecule has 1 aromatic carbocycles. The molecule has 1 aliphatic carbocycles. The second-order valence-electron chi connectivity index (χ2n) is 7.32. The van der Waals surface area contributed by atoms with Gasteiger partial charge in [-0.2, -0.15) is 0 Å². The molecule has 1 N–H and O–H groups in total. The Balaban J connectivity index is 1.70. The second kappa shape index (κ2) is 7.92. The molecule has 1 aromatic rings. The third kappa shape index (κ3) is 3.86. The number of benzene rings is 1. The molecular formula is C19H24ClFN2O3. The molecule has 1 saturated heterocycles. The van der Waals surface area contributed by atoms with Crippen LogP contribution >= 0.6 is 11.6 Å². The molecule has 0 aromatic heterocycles. The van der Waals surface area contributed by atoms with Crippen molar-refractivity contribution in [2.24, 2.45) is 5.92 Å². The SMILES string of the molecule is CN(Cc1c(F)cccc1Cl)C(=O)CN1C(C(=O)O)CC2CCCCC21. The molecule has 142 valence electrons. The lowest BCUT2D eigenvalue weighted by Crippen LogP contribution is -2.47. The number of nitrogens with zero attached hydrogens (tertiary/aromatic N) is 2. The van der Waals surface area contributed by atoms with Crippen molar-refractivity contribution in [3.63, 3.8) is 0 Å². The van der Waals surface area contributed by atoms with Gasteiger partial charge in [0.15, 0.2) is 0 Å². The number of carbonyl (C=O) groups excluding carboxylic acids is 1. The molecule has 1 saturated carbocycles. The van der Waals surface area contributed by atoms with Crippen molar-refractivity contribution in [1.29, 1.82) is 0 Å². The van der Waals surface area contributed by atoms with Gasteiger partial charge in [-0.1, -0.05) is 30.5 Å². The third-order valence-corrected chi connectivity index (χ3v) is 6.06. The van der Waals surface area contributed by atoms with Crippen molar-refractivity contribution in [3.05, 3.63) is 34.6 Å². The number of halogens is 2. The highest BCUT2D eigenvalue weighted by atomic mass is 35.5. The largest absolute Gasteiger partial charge is 0.480 e. The fourth-order valence-electron chi connectivity index (χ4n) is 4.31. The zero-order valence-corrected chi connectivity index (χ0v) is 15.6. The molecule has 0 radical (unpaired) electrons. The Morgan fingerprint density at radius 2 is 2.08 bits per heavy atom. The summed E-state index contributed by atoms with van der Waals surface area (Å²) < 4.78 is 14.0. The highest BCUT2D eigenvalue weighted by Crippen LogP contribution is 2.39. The minimum atomic E-state index is -0.869. The van der Waals surface area contributed by atoms with E-state index in [2.05, 4.69) is 0 Å². The molecule has 26 heavy (non-hydrogen) atoms. The minimum Gasteiger partial charge on any atom is -0.480 e. The zero-order valence-electron chi connectivity index (χ0n) is 14.8. The van der Waals surface area contributed by atoms with E-state index in [4.69, 9.17) is 11.6 Å². The highest BCUT2D eigenvalue weighted by molar-refractivity contribution is 6.31. The minimum absolute atomic E-state index is 0.0424.